The van der Waals surface area contributed by atoms with E-state index in [1.807, 2.05) is 0 Å². The lowest BCUT2D eigenvalue weighted by atomic mass is 9.98. The van der Waals surface area contributed by atoms with Crippen LogP contribution < -0.4 is 16.6 Å². The highest BCUT2D eigenvalue weighted by Gasteiger charge is 2.40. The average Bonchev–Trinajstić information content (AvgIpc) is 3.29. The average molecular weight is 277 g/mol. The standard InChI is InChI=1S/C15H23N3O2/c1-17-12(7-14(19)18(2)15(17)20)8-16-9-13(10-3-4-10)11-5-6-11/h7,10-11,13,16H,3-6,8-9H2,1-2H3. The fourth-order valence-electron chi connectivity index (χ4n) is 3.08. The summed E-state index contributed by atoms with van der Waals surface area (Å²) in [5.74, 6) is 2.64. The Labute approximate surface area is 118 Å². The number of nitrogens with zero attached hydrogens (tertiary/aromatic N) is 2. The number of aromatic nitrogens is 2. The normalized spacial score (nSPS) is 18.8. The van der Waals surface area contributed by atoms with Gasteiger partial charge in [-0.2, -0.15) is 0 Å². The molecule has 1 aromatic rings. The summed E-state index contributed by atoms with van der Waals surface area (Å²) < 4.78 is 2.69. The molecule has 0 radical (unpaired) electrons. The Morgan fingerprint density at radius 1 is 1.15 bits per heavy atom. The van der Waals surface area contributed by atoms with Crippen LogP contribution >= 0.6 is 0 Å². The van der Waals surface area contributed by atoms with Crippen molar-refractivity contribution in [2.45, 2.75) is 32.2 Å². The van der Waals surface area contributed by atoms with E-state index in [9.17, 15) is 9.59 Å². The van der Waals surface area contributed by atoms with Gasteiger partial charge in [-0.3, -0.25) is 13.9 Å². The summed E-state index contributed by atoms with van der Waals surface area (Å²) in [6.07, 6.45) is 5.53. The molecule has 2 aliphatic carbocycles. The van der Waals surface area contributed by atoms with Crippen LogP contribution in [0.15, 0.2) is 15.7 Å². The van der Waals surface area contributed by atoms with Crippen molar-refractivity contribution in [3.05, 3.63) is 32.6 Å². The largest absolute Gasteiger partial charge is 0.330 e. The minimum atomic E-state index is -0.254. The van der Waals surface area contributed by atoms with Crippen molar-refractivity contribution in [1.82, 2.24) is 14.5 Å². The minimum Gasteiger partial charge on any atom is -0.311 e. The van der Waals surface area contributed by atoms with Crippen LogP contribution in [0, 0.1) is 17.8 Å². The fraction of sp³-hybridized carbons (Fsp3) is 0.733. The Hall–Kier alpha value is -1.36. The van der Waals surface area contributed by atoms with Crippen molar-refractivity contribution in [1.29, 1.82) is 0 Å². The monoisotopic (exact) mass is 277 g/mol. The summed E-state index contributed by atoms with van der Waals surface area (Å²) in [5.41, 5.74) is 0.282. The van der Waals surface area contributed by atoms with E-state index in [4.69, 9.17) is 0 Å². The Bertz CT molecular complexity index is 597. The lowest BCUT2D eigenvalue weighted by Gasteiger charge is -2.17. The lowest BCUT2D eigenvalue weighted by molar-refractivity contribution is 0.376. The van der Waals surface area contributed by atoms with Crippen molar-refractivity contribution in [2.75, 3.05) is 6.54 Å². The molecule has 5 nitrogen and oxygen atoms in total. The van der Waals surface area contributed by atoms with Crippen LogP contribution in [0.25, 0.3) is 0 Å². The summed E-state index contributed by atoms with van der Waals surface area (Å²) in [6, 6.07) is 1.55. The van der Waals surface area contributed by atoms with Crippen LogP contribution in [0.2, 0.25) is 0 Å². The molecule has 0 aromatic carbocycles. The van der Waals surface area contributed by atoms with E-state index in [-0.39, 0.29) is 11.2 Å². The van der Waals surface area contributed by atoms with Gasteiger partial charge in [-0.05, 0) is 50.0 Å². The SMILES string of the molecule is Cn1c(CNCC(C2CC2)C2CC2)cc(=O)n(C)c1=O. The molecule has 0 saturated heterocycles. The Kier molecular flexibility index (Phi) is 3.54. The second kappa shape index (κ2) is 5.20. The van der Waals surface area contributed by atoms with Gasteiger partial charge < -0.3 is 5.32 Å². The molecule has 5 heteroatoms. The molecule has 0 amide bonds. The van der Waals surface area contributed by atoms with Crippen molar-refractivity contribution < 1.29 is 0 Å². The smallest absolute Gasteiger partial charge is 0.311 e. The first-order valence-electron chi connectivity index (χ1n) is 7.54. The van der Waals surface area contributed by atoms with Crippen LogP contribution in [0.5, 0.6) is 0 Å². The topological polar surface area (TPSA) is 56.0 Å². The second-order valence-corrected chi connectivity index (χ2v) is 6.34. The summed E-state index contributed by atoms with van der Waals surface area (Å²) >= 11 is 0. The van der Waals surface area contributed by atoms with Gasteiger partial charge in [0.2, 0.25) is 0 Å². The van der Waals surface area contributed by atoms with Crippen molar-refractivity contribution >= 4 is 0 Å². The van der Waals surface area contributed by atoms with E-state index in [0.29, 0.717) is 6.54 Å². The quantitative estimate of drug-likeness (QED) is 0.829. The van der Waals surface area contributed by atoms with Gasteiger partial charge in [-0.15, -0.1) is 0 Å². The third kappa shape index (κ3) is 2.73. The molecular weight excluding hydrogens is 254 g/mol. The molecule has 0 unspecified atom stereocenters. The van der Waals surface area contributed by atoms with Crippen molar-refractivity contribution in [3.63, 3.8) is 0 Å². The summed E-state index contributed by atoms with van der Waals surface area (Å²) in [4.78, 5) is 23.5. The van der Waals surface area contributed by atoms with Crippen LogP contribution in [0.3, 0.4) is 0 Å². The van der Waals surface area contributed by atoms with Crippen molar-refractivity contribution in [3.8, 4) is 0 Å². The van der Waals surface area contributed by atoms with Gasteiger partial charge in [-0.1, -0.05) is 0 Å². The molecule has 1 aromatic heterocycles. The van der Waals surface area contributed by atoms with E-state index < -0.39 is 0 Å². The number of rotatable bonds is 6. The minimum absolute atomic E-state index is 0.231. The first kappa shape index (κ1) is 13.6. The van der Waals surface area contributed by atoms with Crippen LogP contribution in [-0.2, 0) is 20.6 Å². The van der Waals surface area contributed by atoms with E-state index in [1.54, 1.807) is 17.7 Å². The predicted molar refractivity (Wildman–Crippen MR) is 77.6 cm³/mol. The number of nitrogens with one attached hydrogen (secondary N) is 1. The van der Waals surface area contributed by atoms with Crippen LogP contribution in [0.4, 0.5) is 0 Å². The Balaban J connectivity index is 1.63. The molecule has 2 saturated carbocycles. The summed E-state index contributed by atoms with van der Waals surface area (Å²) in [7, 11) is 3.23. The summed E-state index contributed by atoms with van der Waals surface area (Å²) in [5, 5.41) is 3.45. The zero-order valence-corrected chi connectivity index (χ0v) is 12.3. The molecule has 20 heavy (non-hydrogen) atoms. The van der Waals surface area contributed by atoms with Gasteiger partial charge in [0.05, 0.1) is 0 Å². The molecule has 0 atom stereocenters. The molecule has 0 bridgehead atoms. The predicted octanol–water partition coefficient (Wildman–Crippen LogP) is 0.610. The summed E-state index contributed by atoms with van der Waals surface area (Å²) in [6.45, 7) is 1.61. The van der Waals surface area contributed by atoms with E-state index in [1.165, 1.54) is 32.7 Å². The highest BCUT2D eigenvalue weighted by molar-refractivity contribution is 5.02. The third-order valence-corrected chi connectivity index (χ3v) is 4.77. The maximum Gasteiger partial charge on any atom is 0.330 e. The molecular formula is C15H23N3O2. The molecule has 2 aliphatic rings. The van der Waals surface area contributed by atoms with Gasteiger partial charge in [0.1, 0.15) is 0 Å². The molecule has 1 heterocycles. The molecule has 3 rings (SSSR count). The highest BCUT2D eigenvalue weighted by Crippen LogP contribution is 2.48. The second-order valence-electron chi connectivity index (χ2n) is 6.34. The van der Waals surface area contributed by atoms with E-state index in [2.05, 4.69) is 5.32 Å². The fourth-order valence-corrected chi connectivity index (χ4v) is 3.08. The molecule has 1 N–H and O–H groups in total. The number of hydrogen-bond acceptors (Lipinski definition) is 3. The van der Waals surface area contributed by atoms with E-state index >= 15 is 0 Å². The van der Waals surface area contributed by atoms with Gasteiger partial charge in [0.25, 0.3) is 5.56 Å². The first-order chi connectivity index (χ1) is 9.58. The van der Waals surface area contributed by atoms with Crippen molar-refractivity contribution in [2.24, 2.45) is 31.8 Å². The maximum absolute atomic E-state index is 11.8. The van der Waals surface area contributed by atoms with Crippen LogP contribution in [-0.4, -0.2) is 15.7 Å². The molecule has 110 valence electrons. The highest BCUT2D eigenvalue weighted by atomic mass is 16.2. The van der Waals surface area contributed by atoms with E-state index in [0.717, 1.165) is 34.6 Å². The van der Waals surface area contributed by atoms with Crippen LogP contribution in [0.1, 0.15) is 31.4 Å². The zero-order valence-electron chi connectivity index (χ0n) is 12.3. The van der Waals surface area contributed by atoms with Gasteiger partial charge >= 0.3 is 5.69 Å². The zero-order chi connectivity index (χ0) is 14.3. The molecule has 0 aliphatic heterocycles. The van der Waals surface area contributed by atoms with Gasteiger partial charge in [0, 0.05) is 32.4 Å². The molecule has 0 spiro atoms. The number of hydrogen-bond donors (Lipinski definition) is 1. The Morgan fingerprint density at radius 3 is 2.30 bits per heavy atom. The third-order valence-electron chi connectivity index (χ3n) is 4.77. The van der Waals surface area contributed by atoms with Gasteiger partial charge in [0.15, 0.2) is 0 Å². The lowest BCUT2D eigenvalue weighted by Crippen LogP contribution is -2.39. The van der Waals surface area contributed by atoms with Gasteiger partial charge in [-0.25, -0.2) is 4.79 Å². The Morgan fingerprint density at radius 2 is 1.75 bits per heavy atom. The molecule has 2 fully saturated rings. The first-order valence-corrected chi connectivity index (χ1v) is 7.54. The maximum atomic E-state index is 11.8.